The lowest BCUT2D eigenvalue weighted by Gasteiger charge is -1.60. The molecule has 3 nitrogen and oxygen atoms in total. The lowest BCUT2D eigenvalue weighted by atomic mass is 11.3. The van der Waals surface area contributed by atoms with Gasteiger partial charge in [0.1, 0.15) is 24.7 Å². The molecular formula is C5H2F4O3. The molecule has 0 aliphatic rings. The van der Waals surface area contributed by atoms with Crippen LogP contribution in [0.4, 0.5) is 22.4 Å². The number of carboxylic acid groups (broad SMARTS) is 2. The lowest BCUT2D eigenvalue weighted by Crippen LogP contribution is -1.81. The zero-order valence-electron chi connectivity index (χ0n) is 5.31. The van der Waals surface area contributed by atoms with E-state index < -0.39 is 6.16 Å². The fraction of sp³-hybridized carbons (Fsp3) is 0. The van der Waals surface area contributed by atoms with Crippen LogP contribution in [0, 0.1) is 24.7 Å². The van der Waals surface area contributed by atoms with E-state index in [1.807, 2.05) is 0 Å². The van der Waals surface area contributed by atoms with Crippen LogP contribution in [0.25, 0.3) is 0 Å². The highest BCUT2D eigenvalue weighted by molar-refractivity contribution is 5.53. The Morgan fingerprint density at radius 2 is 0.917 bits per heavy atom. The molecule has 0 aliphatic heterocycles. The maximum atomic E-state index is 9.99. The second-order valence-corrected chi connectivity index (χ2v) is 0.661. The predicted octanol–water partition coefficient (Wildman–Crippen LogP) is 1.91. The molecule has 0 aliphatic carbocycles. The van der Waals surface area contributed by atoms with Crippen molar-refractivity contribution in [2.75, 3.05) is 0 Å². The lowest BCUT2D eigenvalue weighted by molar-refractivity contribution is 0.137. The van der Waals surface area contributed by atoms with Crippen LogP contribution in [-0.2, 0) is 0 Å². The Balaban J connectivity index is -0.000000101. The van der Waals surface area contributed by atoms with Crippen molar-refractivity contribution >= 4 is 6.16 Å². The third kappa shape index (κ3) is 33900. The number of rotatable bonds is 0. The van der Waals surface area contributed by atoms with Crippen molar-refractivity contribution in [3.63, 3.8) is 0 Å². The van der Waals surface area contributed by atoms with Gasteiger partial charge in [0.05, 0.1) is 0 Å². The Kier molecular flexibility index (Phi) is 31.7. The quantitative estimate of drug-likeness (QED) is 0.448. The number of carbonyl (C=O) groups is 1. The molecule has 0 unspecified atom stereocenters. The zero-order chi connectivity index (χ0) is 10.4. The molecule has 2 N–H and O–H groups in total. The number of hydrogen-bond acceptors (Lipinski definition) is 1. The van der Waals surface area contributed by atoms with Gasteiger partial charge < -0.3 is 10.2 Å². The van der Waals surface area contributed by atoms with E-state index >= 15 is 0 Å². The van der Waals surface area contributed by atoms with Crippen LogP contribution in [-0.4, -0.2) is 16.4 Å². The van der Waals surface area contributed by atoms with Crippen molar-refractivity contribution in [1.82, 2.24) is 0 Å². The van der Waals surface area contributed by atoms with Gasteiger partial charge in [-0.1, -0.05) is 0 Å². The molecule has 0 bridgehead atoms. The van der Waals surface area contributed by atoms with Gasteiger partial charge in [0.25, 0.3) is 0 Å². The highest BCUT2D eigenvalue weighted by Gasteiger charge is 1.70. The van der Waals surface area contributed by atoms with Gasteiger partial charge in [-0.25, -0.2) is 4.79 Å². The molecule has 7 heteroatoms. The summed E-state index contributed by atoms with van der Waals surface area (Å²) in [6.45, 7) is 0. The van der Waals surface area contributed by atoms with Crippen LogP contribution in [0.2, 0.25) is 0 Å². The Labute approximate surface area is 64.6 Å². The monoisotopic (exact) mass is 186 g/mol. The van der Waals surface area contributed by atoms with Gasteiger partial charge in [-0.05, 0) is 0 Å². The summed E-state index contributed by atoms with van der Waals surface area (Å²) in [5, 5.41) is 13.9. The Bertz CT molecular complexity index is 172. The third-order valence-corrected chi connectivity index (χ3v) is 0.0714. The first-order valence-corrected chi connectivity index (χ1v) is 1.91. The average Bonchev–Trinajstić information content (AvgIpc) is 2.03. The highest BCUT2D eigenvalue weighted by Crippen LogP contribution is 1.51. The largest absolute Gasteiger partial charge is 0.503 e. The van der Waals surface area contributed by atoms with E-state index in [9.17, 15) is 17.6 Å². The molecule has 0 saturated heterocycles. The van der Waals surface area contributed by atoms with Crippen molar-refractivity contribution in [2.45, 2.75) is 0 Å². The SMILES string of the molecule is FC#CF.FC#CF.O=C(O)O. The van der Waals surface area contributed by atoms with Crippen LogP contribution in [0.15, 0.2) is 0 Å². The minimum Gasteiger partial charge on any atom is -0.450 e. The first-order valence-electron chi connectivity index (χ1n) is 1.91. The summed E-state index contributed by atoms with van der Waals surface area (Å²) in [5.41, 5.74) is 0. The first kappa shape index (κ1) is 16.6. The van der Waals surface area contributed by atoms with Crippen LogP contribution < -0.4 is 0 Å². The maximum Gasteiger partial charge on any atom is 0.503 e. The molecule has 0 amide bonds. The second-order valence-electron chi connectivity index (χ2n) is 0.661. The van der Waals surface area contributed by atoms with Gasteiger partial charge in [-0.15, -0.1) is 17.6 Å². The minimum absolute atomic E-state index is 0.514. The van der Waals surface area contributed by atoms with Gasteiger partial charge in [0.2, 0.25) is 0 Å². The fourth-order valence-electron chi connectivity index (χ4n) is 0. The minimum atomic E-state index is -1.83. The van der Waals surface area contributed by atoms with Crippen molar-refractivity contribution in [2.24, 2.45) is 0 Å². The first-order chi connectivity index (χ1) is 5.56. The standard InChI is InChI=1S/2C2F2.CH2O3/c2*3-1-2-4;2-1(3)4/h;;(H2,2,3,4). The van der Waals surface area contributed by atoms with E-state index in [4.69, 9.17) is 15.0 Å². The molecule has 0 radical (unpaired) electrons. The average molecular weight is 186 g/mol. The summed E-state index contributed by atoms with van der Waals surface area (Å²) in [6.07, 6.45) is 0.222. The summed E-state index contributed by atoms with van der Waals surface area (Å²) in [5.74, 6) is 0. The molecule has 0 aromatic heterocycles. The van der Waals surface area contributed by atoms with E-state index in [1.54, 1.807) is 0 Å². The molecule has 0 fully saturated rings. The van der Waals surface area contributed by atoms with Crippen molar-refractivity contribution in [1.29, 1.82) is 0 Å². The van der Waals surface area contributed by atoms with Gasteiger partial charge in [0, 0.05) is 0 Å². The smallest absolute Gasteiger partial charge is 0.450 e. The topological polar surface area (TPSA) is 57.5 Å². The molecule has 0 atom stereocenters. The molecule has 0 saturated carbocycles. The maximum absolute atomic E-state index is 9.99. The number of hydrogen-bond donors (Lipinski definition) is 2. The summed E-state index contributed by atoms with van der Waals surface area (Å²) in [6, 6.07) is 0. The Hall–Kier alpha value is -1.89. The van der Waals surface area contributed by atoms with Gasteiger partial charge >= 0.3 is 6.16 Å². The molecule has 0 aromatic rings. The molecule has 12 heavy (non-hydrogen) atoms. The van der Waals surface area contributed by atoms with E-state index in [2.05, 4.69) is 0 Å². The van der Waals surface area contributed by atoms with Crippen molar-refractivity contribution < 1.29 is 32.6 Å². The summed E-state index contributed by atoms with van der Waals surface area (Å²) in [7, 11) is 0. The van der Waals surface area contributed by atoms with E-state index in [0.29, 0.717) is 24.7 Å². The molecule has 0 heterocycles. The Morgan fingerprint density at radius 1 is 0.833 bits per heavy atom. The molecule has 0 rings (SSSR count). The van der Waals surface area contributed by atoms with Crippen LogP contribution in [0.3, 0.4) is 0 Å². The predicted molar refractivity (Wildman–Crippen MR) is 30.6 cm³/mol. The highest BCUT2D eigenvalue weighted by atomic mass is 19.2. The van der Waals surface area contributed by atoms with Crippen LogP contribution >= 0.6 is 0 Å². The van der Waals surface area contributed by atoms with Gasteiger partial charge in [-0.3, -0.25) is 0 Å². The molecule has 68 valence electrons. The van der Waals surface area contributed by atoms with E-state index in [1.165, 1.54) is 0 Å². The van der Waals surface area contributed by atoms with Crippen molar-refractivity contribution in [3.05, 3.63) is 0 Å². The molecular weight excluding hydrogens is 184 g/mol. The normalized spacial score (nSPS) is 4.33. The summed E-state index contributed by atoms with van der Waals surface area (Å²) < 4.78 is 39.9. The van der Waals surface area contributed by atoms with Crippen molar-refractivity contribution in [3.8, 4) is 24.7 Å². The number of halogens is 4. The second kappa shape index (κ2) is 22.9. The van der Waals surface area contributed by atoms with Gasteiger partial charge in [-0.2, -0.15) is 0 Å². The summed E-state index contributed by atoms with van der Waals surface area (Å²) in [4.78, 5) is 8.56. The molecule has 0 aromatic carbocycles. The van der Waals surface area contributed by atoms with Gasteiger partial charge in [0.15, 0.2) is 0 Å². The fourth-order valence-corrected chi connectivity index (χ4v) is 0. The Morgan fingerprint density at radius 3 is 0.917 bits per heavy atom. The zero-order valence-corrected chi connectivity index (χ0v) is 5.31. The van der Waals surface area contributed by atoms with Crippen LogP contribution in [0.1, 0.15) is 0 Å². The van der Waals surface area contributed by atoms with E-state index in [-0.39, 0.29) is 0 Å². The summed E-state index contributed by atoms with van der Waals surface area (Å²) >= 11 is 0. The van der Waals surface area contributed by atoms with E-state index in [0.717, 1.165) is 0 Å². The molecule has 0 spiro atoms. The third-order valence-electron chi connectivity index (χ3n) is 0.0714. The van der Waals surface area contributed by atoms with Crippen LogP contribution in [0.5, 0.6) is 0 Å².